The van der Waals surface area contributed by atoms with E-state index in [9.17, 15) is 13.6 Å². The Kier molecular flexibility index (Phi) is 6.25. The van der Waals surface area contributed by atoms with Crippen LogP contribution in [0.5, 0.6) is 5.75 Å². The van der Waals surface area contributed by atoms with Crippen LogP contribution in [0.2, 0.25) is 0 Å². The third kappa shape index (κ3) is 5.24. The lowest BCUT2D eigenvalue weighted by molar-refractivity contribution is -0.123. The highest BCUT2D eigenvalue weighted by Crippen LogP contribution is 2.17. The summed E-state index contributed by atoms with van der Waals surface area (Å²) in [6.45, 7) is 4.43. The molecule has 5 heteroatoms. The van der Waals surface area contributed by atoms with Crippen LogP contribution >= 0.6 is 0 Å². The Bertz CT molecular complexity index is 420. The van der Waals surface area contributed by atoms with Gasteiger partial charge in [0.25, 0.3) is 5.91 Å². The average Bonchev–Trinajstić information content (AvgIpc) is 2.39. The molecule has 1 aromatic rings. The smallest absolute Gasteiger partial charge is 0.257 e. The van der Waals surface area contributed by atoms with Crippen molar-refractivity contribution in [2.45, 2.75) is 26.7 Å². The fourth-order valence-corrected chi connectivity index (χ4v) is 1.62. The fourth-order valence-electron chi connectivity index (χ4n) is 1.62. The lowest BCUT2D eigenvalue weighted by Crippen LogP contribution is -2.33. The molecule has 0 spiro atoms. The Balaban J connectivity index is 2.37. The van der Waals surface area contributed by atoms with Crippen molar-refractivity contribution in [3.8, 4) is 5.75 Å². The summed E-state index contributed by atoms with van der Waals surface area (Å²) in [5, 5.41) is 2.73. The minimum atomic E-state index is -0.812. The molecule has 0 heterocycles. The number of halogens is 2. The lowest BCUT2D eigenvalue weighted by atomic mass is 10.0. The van der Waals surface area contributed by atoms with Gasteiger partial charge in [-0.05, 0) is 18.1 Å². The van der Waals surface area contributed by atoms with Crippen LogP contribution in [0.4, 0.5) is 8.78 Å². The summed E-state index contributed by atoms with van der Waals surface area (Å²) in [5.41, 5.74) is 0. The lowest BCUT2D eigenvalue weighted by Gasteiger charge is -2.13. The number of hydrogen-bond acceptors (Lipinski definition) is 2. The third-order valence-electron chi connectivity index (χ3n) is 3.00. The Morgan fingerprint density at radius 3 is 2.58 bits per heavy atom. The molecule has 0 unspecified atom stereocenters. The average molecular weight is 271 g/mol. The quantitative estimate of drug-likeness (QED) is 0.828. The molecular weight excluding hydrogens is 252 g/mol. The van der Waals surface area contributed by atoms with Crippen molar-refractivity contribution in [2.75, 3.05) is 13.2 Å². The summed E-state index contributed by atoms with van der Waals surface area (Å²) in [5.74, 6) is -1.49. The largest absolute Gasteiger partial charge is 0.481 e. The van der Waals surface area contributed by atoms with Crippen LogP contribution in [-0.4, -0.2) is 19.1 Å². The van der Waals surface area contributed by atoms with E-state index in [0.717, 1.165) is 25.0 Å². The molecule has 3 nitrogen and oxygen atoms in total. The second-order valence-electron chi connectivity index (χ2n) is 4.35. The van der Waals surface area contributed by atoms with Gasteiger partial charge in [-0.25, -0.2) is 8.78 Å². The molecule has 1 amide bonds. The second-order valence-corrected chi connectivity index (χ2v) is 4.35. The highest BCUT2D eigenvalue weighted by atomic mass is 19.1. The van der Waals surface area contributed by atoms with Crippen LogP contribution < -0.4 is 10.1 Å². The van der Waals surface area contributed by atoms with E-state index in [2.05, 4.69) is 19.2 Å². The summed E-state index contributed by atoms with van der Waals surface area (Å²) < 4.78 is 30.9. The summed E-state index contributed by atoms with van der Waals surface area (Å²) >= 11 is 0. The zero-order valence-corrected chi connectivity index (χ0v) is 11.2. The van der Waals surface area contributed by atoms with Gasteiger partial charge in [0.15, 0.2) is 18.2 Å². The molecule has 0 aliphatic carbocycles. The van der Waals surface area contributed by atoms with Gasteiger partial charge in [-0.15, -0.1) is 0 Å². The topological polar surface area (TPSA) is 38.3 Å². The number of amides is 1. The van der Waals surface area contributed by atoms with Gasteiger partial charge in [-0.2, -0.15) is 0 Å². The SMILES string of the molecule is CCC(CC)CNC(=O)COc1ccc(F)cc1F. The maximum Gasteiger partial charge on any atom is 0.257 e. The van der Waals surface area contributed by atoms with Crippen molar-refractivity contribution < 1.29 is 18.3 Å². The van der Waals surface area contributed by atoms with Crippen LogP contribution in [0.15, 0.2) is 18.2 Å². The monoisotopic (exact) mass is 271 g/mol. The molecule has 1 rings (SSSR count). The van der Waals surface area contributed by atoms with Crippen LogP contribution in [0, 0.1) is 17.6 Å². The fraction of sp³-hybridized carbons (Fsp3) is 0.500. The summed E-state index contributed by atoms with van der Waals surface area (Å²) in [4.78, 5) is 11.5. The number of ether oxygens (including phenoxy) is 1. The van der Waals surface area contributed by atoms with Gasteiger partial charge in [0.1, 0.15) is 5.82 Å². The highest BCUT2D eigenvalue weighted by molar-refractivity contribution is 5.77. The first kappa shape index (κ1) is 15.4. The standard InChI is InChI=1S/C14H19F2NO2/c1-3-10(4-2)8-17-14(18)9-19-13-6-5-11(15)7-12(13)16/h5-7,10H,3-4,8-9H2,1-2H3,(H,17,18). The predicted octanol–water partition coefficient (Wildman–Crippen LogP) is 2.90. The van der Waals surface area contributed by atoms with Crippen molar-refractivity contribution in [3.63, 3.8) is 0 Å². The first-order valence-electron chi connectivity index (χ1n) is 6.41. The summed E-state index contributed by atoms with van der Waals surface area (Å²) in [6.07, 6.45) is 1.98. The molecule has 0 aliphatic heterocycles. The van der Waals surface area contributed by atoms with E-state index in [1.807, 2.05) is 0 Å². The van der Waals surface area contributed by atoms with Crippen LogP contribution in [0.1, 0.15) is 26.7 Å². The Labute approximate surface area is 112 Å². The van der Waals surface area contributed by atoms with Crippen LogP contribution in [0.25, 0.3) is 0 Å². The first-order chi connectivity index (χ1) is 9.06. The van der Waals surface area contributed by atoms with Crippen molar-refractivity contribution in [3.05, 3.63) is 29.8 Å². The highest BCUT2D eigenvalue weighted by Gasteiger charge is 2.09. The number of rotatable bonds is 7. The van der Waals surface area contributed by atoms with Gasteiger partial charge in [0.05, 0.1) is 0 Å². The zero-order valence-electron chi connectivity index (χ0n) is 11.2. The molecule has 0 fully saturated rings. The Morgan fingerprint density at radius 1 is 1.32 bits per heavy atom. The van der Waals surface area contributed by atoms with Crippen molar-refractivity contribution in [2.24, 2.45) is 5.92 Å². The van der Waals surface area contributed by atoms with Gasteiger partial charge in [-0.1, -0.05) is 26.7 Å². The van der Waals surface area contributed by atoms with Crippen molar-refractivity contribution in [1.29, 1.82) is 0 Å². The molecule has 0 atom stereocenters. The zero-order chi connectivity index (χ0) is 14.3. The van der Waals surface area contributed by atoms with Crippen LogP contribution in [-0.2, 0) is 4.79 Å². The maximum atomic E-state index is 13.2. The molecule has 106 valence electrons. The molecule has 0 aliphatic rings. The van der Waals surface area contributed by atoms with E-state index in [-0.39, 0.29) is 18.3 Å². The molecule has 0 aromatic heterocycles. The first-order valence-corrected chi connectivity index (χ1v) is 6.41. The molecule has 0 radical (unpaired) electrons. The van der Waals surface area contributed by atoms with E-state index in [1.54, 1.807) is 0 Å². The van der Waals surface area contributed by atoms with E-state index in [4.69, 9.17) is 4.74 Å². The Hall–Kier alpha value is -1.65. The van der Waals surface area contributed by atoms with E-state index >= 15 is 0 Å². The number of carbonyl (C=O) groups excluding carboxylic acids is 1. The van der Waals surface area contributed by atoms with Gasteiger partial charge < -0.3 is 10.1 Å². The van der Waals surface area contributed by atoms with Gasteiger partial charge in [0, 0.05) is 12.6 Å². The number of nitrogens with one attached hydrogen (secondary N) is 1. The van der Waals surface area contributed by atoms with Gasteiger partial charge in [0.2, 0.25) is 0 Å². The van der Waals surface area contributed by atoms with Crippen LogP contribution in [0.3, 0.4) is 0 Å². The molecule has 0 bridgehead atoms. The Morgan fingerprint density at radius 2 is 2.00 bits per heavy atom. The molecule has 0 saturated carbocycles. The number of carbonyl (C=O) groups is 1. The minimum Gasteiger partial charge on any atom is -0.481 e. The van der Waals surface area contributed by atoms with Crippen molar-refractivity contribution >= 4 is 5.91 Å². The number of benzene rings is 1. The molecule has 0 saturated heterocycles. The minimum absolute atomic E-state index is 0.126. The van der Waals surface area contributed by atoms with Gasteiger partial charge in [-0.3, -0.25) is 4.79 Å². The van der Waals surface area contributed by atoms with E-state index in [0.29, 0.717) is 12.5 Å². The molecular formula is C14H19F2NO2. The summed E-state index contributed by atoms with van der Waals surface area (Å²) in [7, 11) is 0. The molecule has 19 heavy (non-hydrogen) atoms. The van der Waals surface area contributed by atoms with E-state index in [1.165, 1.54) is 6.07 Å². The molecule has 1 N–H and O–H groups in total. The van der Waals surface area contributed by atoms with Gasteiger partial charge >= 0.3 is 0 Å². The summed E-state index contributed by atoms with van der Waals surface area (Å²) in [6, 6.07) is 2.97. The normalized spacial score (nSPS) is 10.6. The second kappa shape index (κ2) is 7.71. The predicted molar refractivity (Wildman–Crippen MR) is 68.9 cm³/mol. The van der Waals surface area contributed by atoms with E-state index < -0.39 is 11.6 Å². The third-order valence-corrected chi connectivity index (χ3v) is 3.00. The number of hydrogen-bond donors (Lipinski definition) is 1. The maximum absolute atomic E-state index is 13.2. The molecule has 1 aromatic carbocycles. The van der Waals surface area contributed by atoms with Crippen molar-refractivity contribution in [1.82, 2.24) is 5.32 Å².